The van der Waals surface area contributed by atoms with Crippen LogP contribution in [0.2, 0.25) is 5.02 Å². The number of nitrogens with zero attached hydrogens (tertiary/aromatic N) is 1. The standard InChI is InChI=1S/C15H14ClNO/c1-10-5-6-12(8-13(10)16)15(18)9-14-11(2)4-3-7-17-14/h3-8H,9H2,1-2H3. The molecule has 0 aliphatic heterocycles. The van der Waals surface area contributed by atoms with E-state index in [4.69, 9.17) is 11.6 Å². The molecule has 1 aromatic heterocycles. The number of carbonyl (C=O) groups is 1. The average Bonchev–Trinajstić information content (AvgIpc) is 2.35. The number of aromatic nitrogens is 1. The second kappa shape index (κ2) is 5.32. The molecule has 1 aromatic carbocycles. The maximum absolute atomic E-state index is 12.1. The van der Waals surface area contributed by atoms with E-state index in [0.29, 0.717) is 17.0 Å². The molecular weight excluding hydrogens is 246 g/mol. The molecule has 0 atom stereocenters. The molecule has 0 fully saturated rings. The van der Waals surface area contributed by atoms with E-state index in [0.717, 1.165) is 16.8 Å². The minimum Gasteiger partial charge on any atom is -0.294 e. The van der Waals surface area contributed by atoms with Crippen molar-refractivity contribution in [3.05, 3.63) is 63.9 Å². The van der Waals surface area contributed by atoms with E-state index in [2.05, 4.69) is 4.98 Å². The van der Waals surface area contributed by atoms with Gasteiger partial charge < -0.3 is 0 Å². The minimum absolute atomic E-state index is 0.0405. The Balaban J connectivity index is 2.22. The Hall–Kier alpha value is -1.67. The number of hydrogen-bond donors (Lipinski definition) is 0. The first-order valence-corrected chi connectivity index (χ1v) is 6.15. The van der Waals surface area contributed by atoms with Gasteiger partial charge in [0.2, 0.25) is 0 Å². The van der Waals surface area contributed by atoms with E-state index in [-0.39, 0.29) is 5.78 Å². The Bertz CT molecular complexity index is 593. The topological polar surface area (TPSA) is 30.0 Å². The van der Waals surface area contributed by atoms with Gasteiger partial charge in [-0.2, -0.15) is 0 Å². The van der Waals surface area contributed by atoms with Crippen LogP contribution in [0.5, 0.6) is 0 Å². The van der Waals surface area contributed by atoms with Crippen molar-refractivity contribution in [2.45, 2.75) is 20.3 Å². The lowest BCUT2D eigenvalue weighted by Gasteiger charge is -2.05. The molecule has 0 unspecified atom stereocenters. The molecule has 0 spiro atoms. The predicted octanol–water partition coefficient (Wildman–Crippen LogP) is 3.78. The quantitative estimate of drug-likeness (QED) is 0.786. The van der Waals surface area contributed by atoms with Gasteiger partial charge in [0, 0.05) is 16.8 Å². The average molecular weight is 260 g/mol. The summed E-state index contributed by atoms with van der Waals surface area (Å²) in [6.45, 7) is 3.87. The molecule has 0 saturated carbocycles. The van der Waals surface area contributed by atoms with Crippen molar-refractivity contribution in [3.8, 4) is 0 Å². The summed E-state index contributed by atoms with van der Waals surface area (Å²) in [5.74, 6) is 0.0405. The summed E-state index contributed by atoms with van der Waals surface area (Å²) in [4.78, 5) is 16.4. The van der Waals surface area contributed by atoms with Crippen molar-refractivity contribution < 1.29 is 4.79 Å². The number of Topliss-reactive ketones (excluding diaryl/α,β-unsaturated/α-hetero) is 1. The molecule has 0 aliphatic rings. The summed E-state index contributed by atoms with van der Waals surface area (Å²) in [5.41, 5.74) is 3.46. The van der Waals surface area contributed by atoms with E-state index in [1.165, 1.54) is 0 Å². The summed E-state index contributed by atoms with van der Waals surface area (Å²) in [7, 11) is 0. The van der Waals surface area contributed by atoms with Gasteiger partial charge in [-0.25, -0.2) is 0 Å². The highest BCUT2D eigenvalue weighted by Gasteiger charge is 2.10. The van der Waals surface area contributed by atoms with Crippen molar-refractivity contribution in [1.82, 2.24) is 4.98 Å². The van der Waals surface area contributed by atoms with E-state index in [9.17, 15) is 4.79 Å². The van der Waals surface area contributed by atoms with Crippen molar-refractivity contribution in [1.29, 1.82) is 0 Å². The Morgan fingerprint density at radius 1 is 1.22 bits per heavy atom. The number of carbonyl (C=O) groups excluding carboxylic acids is 1. The molecule has 2 nitrogen and oxygen atoms in total. The van der Waals surface area contributed by atoms with Gasteiger partial charge in [0.05, 0.1) is 12.1 Å². The lowest BCUT2D eigenvalue weighted by Crippen LogP contribution is -2.06. The maximum Gasteiger partial charge on any atom is 0.168 e. The number of halogens is 1. The molecule has 2 rings (SSSR count). The van der Waals surface area contributed by atoms with Crippen LogP contribution in [0.25, 0.3) is 0 Å². The molecule has 0 saturated heterocycles. The van der Waals surface area contributed by atoms with E-state index < -0.39 is 0 Å². The van der Waals surface area contributed by atoms with Crippen LogP contribution in [-0.4, -0.2) is 10.8 Å². The molecule has 0 bridgehead atoms. The molecule has 3 heteroatoms. The van der Waals surface area contributed by atoms with Crippen molar-refractivity contribution in [2.75, 3.05) is 0 Å². The van der Waals surface area contributed by atoms with Gasteiger partial charge in [0.15, 0.2) is 5.78 Å². The third kappa shape index (κ3) is 2.77. The highest BCUT2D eigenvalue weighted by Crippen LogP contribution is 2.18. The van der Waals surface area contributed by atoms with Crippen LogP contribution in [0.15, 0.2) is 36.5 Å². The first-order chi connectivity index (χ1) is 8.58. The molecule has 2 aromatic rings. The molecule has 92 valence electrons. The van der Waals surface area contributed by atoms with Crippen LogP contribution in [0, 0.1) is 13.8 Å². The lowest BCUT2D eigenvalue weighted by molar-refractivity contribution is 0.0991. The van der Waals surface area contributed by atoms with Crippen molar-refractivity contribution in [3.63, 3.8) is 0 Å². The van der Waals surface area contributed by atoms with Crippen molar-refractivity contribution in [2.24, 2.45) is 0 Å². The Morgan fingerprint density at radius 2 is 2.00 bits per heavy atom. The van der Waals surface area contributed by atoms with E-state index in [1.807, 2.05) is 38.1 Å². The second-order valence-electron chi connectivity index (χ2n) is 4.33. The predicted molar refractivity (Wildman–Crippen MR) is 73.2 cm³/mol. The summed E-state index contributed by atoms with van der Waals surface area (Å²) in [5, 5.41) is 0.624. The number of benzene rings is 1. The molecule has 0 radical (unpaired) electrons. The third-order valence-corrected chi connectivity index (χ3v) is 3.35. The van der Waals surface area contributed by atoms with Gasteiger partial charge in [-0.3, -0.25) is 9.78 Å². The van der Waals surface area contributed by atoms with Crippen LogP contribution >= 0.6 is 11.6 Å². The number of rotatable bonds is 3. The minimum atomic E-state index is 0.0405. The van der Waals surface area contributed by atoms with E-state index >= 15 is 0 Å². The lowest BCUT2D eigenvalue weighted by atomic mass is 10.0. The van der Waals surface area contributed by atoms with Crippen LogP contribution < -0.4 is 0 Å². The van der Waals surface area contributed by atoms with Gasteiger partial charge in [-0.1, -0.05) is 29.8 Å². The number of ketones is 1. The maximum atomic E-state index is 12.1. The van der Waals surface area contributed by atoms with Gasteiger partial charge >= 0.3 is 0 Å². The van der Waals surface area contributed by atoms with E-state index in [1.54, 1.807) is 12.3 Å². The fourth-order valence-electron chi connectivity index (χ4n) is 1.72. The van der Waals surface area contributed by atoms with Gasteiger partial charge in [-0.15, -0.1) is 0 Å². The highest BCUT2D eigenvalue weighted by molar-refractivity contribution is 6.31. The molecule has 1 heterocycles. The summed E-state index contributed by atoms with van der Waals surface area (Å²) < 4.78 is 0. The number of hydrogen-bond acceptors (Lipinski definition) is 2. The molecule has 0 aliphatic carbocycles. The zero-order chi connectivity index (χ0) is 13.1. The first-order valence-electron chi connectivity index (χ1n) is 5.78. The Morgan fingerprint density at radius 3 is 2.67 bits per heavy atom. The molecular formula is C15H14ClNO. The monoisotopic (exact) mass is 259 g/mol. The fraction of sp³-hybridized carbons (Fsp3) is 0.200. The van der Waals surface area contributed by atoms with Crippen LogP contribution in [0.1, 0.15) is 27.2 Å². The normalized spacial score (nSPS) is 10.4. The Labute approximate surface area is 112 Å². The molecule has 0 N–H and O–H groups in total. The third-order valence-electron chi connectivity index (χ3n) is 2.94. The first kappa shape index (κ1) is 12.8. The largest absolute Gasteiger partial charge is 0.294 e. The van der Waals surface area contributed by atoms with Gasteiger partial charge in [0.25, 0.3) is 0 Å². The summed E-state index contributed by atoms with van der Waals surface area (Å²) >= 11 is 6.02. The van der Waals surface area contributed by atoms with Gasteiger partial charge in [-0.05, 0) is 37.1 Å². The van der Waals surface area contributed by atoms with Crippen LogP contribution in [-0.2, 0) is 6.42 Å². The summed E-state index contributed by atoms with van der Waals surface area (Å²) in [6, 6.07) is 9.21. The smallest absolute Gasteiger partial charge is 0.168 e. The van der Waals surface area contributed by atoms with Crippen LogP contribution in [0.3, 0.4) is 0 Å². The Kier molecular flexibility index (Phi) is 3.78. The zero-order valence-electron chi connectivity index (χ0n) is 10.4. The molecule has 18 heavy (non-hydrogen) atoms. The number of pyridine rings is 1. The molecule has 0 amide bonds. The zero-order valence-corrected chi connectivity index (χ0v) is 11.2. The summed E-state index contributed by atoms with van der Waals surface area (Å²) in [6.07, 6.45) is 2.02. The van der Waals surface area contributed by atoms with Crippen LogP contribution in [0.4, 0.5) is 0 Å². The van der Waals surface area contributed by atoms with Gasteiger partial charge in [0.1, 0.15) is 0 Å². The highest BCUT2D eigenvalue weighted by atomic mass is 35.5. The van der Waals surface area contributed by atoms with Crippen molar-refractivity contribution >= 4 is 17.4 Å². The SMILES string of the molecule is Cc1ccc(C(=O)Cc2ncccc2C)cc1Cl. The fourth-order valence-corrected chi connectivity index (χ4v) is 1.90. The number of aryl methyl sites for hydroxylation is 2. The second-order valence-corrected chi connectivity index (χ2v) is 4.74.